The number of likely N-dealkylation sites (N-methyl/N-ethyl adjacent to an activating group) is 2. The molecule has 0 unspecified atom stereocenters. The first kappa shape index (κ1) is 24.3. The molecule has 1 heterocycles. The summed E-state index contributed by atoms with van der Waals surface area (Å²) in [5, 5.41) is 4.56. The number of rotatable bonds is 8. The molecule has 0 aliphatic heterocycles. The number of aromatic nitrogens is 1. The van der Waals surface area contributed by atoms with Gasteiger partial charge in [-0.1, -0.05) is 18.2 Å². The van der Waals surface area contributed by atoms with E-state index in [-0.39, 0.29) is 29.9 Å². The molecule has 2 rings (SSSR count). The van der Waals surface area contributed by atoms with Crippen molar-refractivity contribution in [2.24, 2.45) is 4.99 Å². The fourth-order valence-electron chi connectivity index (χ4n) is 3.35. The highest BCUT2D eigenvalue weighted by atomic mass is 127. The van der Waals surface area contributed by atoms with Crippen LogP contribution in [-0.2, 0) is 11.2 Å². The van der Waals surface area contributed by atoms with Gasteiger partial charge in [0.25, 0.3) is 0 Å². The molecule has 2 aromatic rings. The van der Waals surface area contributed by atoms with Crippen molar-refractivity contribution in [2.75, 3.05) is 39.8 Å². The third-order valence-corrected chi connectivity index (χ3v) is 4.84. The summed E-state index contributed by atoms with van der Waals surface area (Å²) >= 11 is 0. The minimum absolute atomic E-state index is 0. The molecule has 0 bridgehead atoms. The van der Waals surface area contributed by atoms with Crippen molar-refractivity contribution < 1.29 is 4.79 Å². The first-order valence-corrected chi connectivity index (χ1v) is 9.85. The summed E-state index contributed by atoms with van der Waals surface area (Å²) in [6.45, 7) is 11.4. The van der Waals surface area contributed by atoms with E-state index in [2.05, 4.69) is 35.4 Å². The van der Waals surface area contributed by atoms with Crippen LogP contribution in [0.5, 0.6) is 0 Å². The van der Waals surface area contributed by atoms with E-state index in [0.29, 0.717) is 13.1 Å². The highest BCUT2D eigenvalue weighted by molar-refractivity contribution is 14.0. The van der Waals surface area contributed by atoms with Gasteiger partial charge in [0.2, 0.25) is 5.91 Å². The van der Waals surface area contributed by atoms with E-state index in [1.165, 1.54) is 22.2 Å². The maximum atomic E-state index is 12.4. The Kier molecular flexibility index (Phi) is 10.3. The Hall–Kier alpha value is -1.77. The number of aliphatic imine (C=N–C) groups is 1. The van der Waals surface area contributed by atoms with Crippen molar-refractivity contribution in [1.29, 1.82) is 0 Å². The Labute approximate surface area is 185 Å². The van der Waals surface area contributed by atoms with Crippen LogP contribution in [-0.4, -0.2) is 66.4 Å². The summed E-state index contributed by atoms with van der Waals surface area (Å²) in [4.78, 5) is 24.3. The Morgan fingerprint density at radius 2 is 1.86 bits per heavy atom. The number of H-pyrrole nitrogens is 1. The maximum absolute atomic E-state index is 12.4. The highest BCUT2D eigenvalue weighted by Gasteiger charge is 2.15. The molecule has 0 aliphatic carbocycles. The Bertz CT molecular complexity index is 782. The van der Waals surface area contributed by atoms with Gasteiger partial charge in [-0.05, 0) is 45.7 Å². The lowest BCUT2D eigenvalue weighted by Crippen LogP contribution is -2.45. The maximum Gasteiger partial charge on any atom is 0.242 e. The summed E-state index contributed by atoms with van der Waals surface area (Å²) in [6, 6.07) is 8.37. The van der Waals surface area contributed by atoms with Gasteiger partial charge in [0.05, 0.1) is 6.54 Å². The number of benzene rings is 1. The van der Waals surface area contributed by atoms with Crippen LogP contribution in [0, 0.1) is 6.92 Å². The number of hydrogen-bond donors (Lipinski definition) is 2. The zero-order chi connectivity index (χ0) is 19.8. The number of guanidine groups is 1. The van der Waals surface area contributed by atoms with Gasteiger partial charge in [-0.3, -0.25) is 9.79 Å². The molecule has 1 amide bonds. The van der Waals surface area contributed by atoms with Gasteiger partial charge in [-0.15, -0.1) is 24.0 Å². The van der Waals surface area contributed by atoms with Crippen molar-refractivity contribution in [3.63, 3.8) is 0 Å². The van der Waals surface area contributed by atoms with Gasteiger partial charge in [0.1, 0.15) is 0 Å². The number of amides is 1. The first-order chi connectivity index (χ1) is 13.0. The summed E-state index contributed by atoms with van der Waals surface area (Å²) < 4.78 is 0. The van der Waals surface area contributed by atoms with Crippen LogP contribution >= 0.6 is 24.0 Å². The summed E-state index contributed by atoms with van der Waals surface area (Å²) in [6.07, 6.45) is 0.864. The number of carbonyl (C=O) groups excluding carboxylic acids is 1. The molecule has 1 aromatic heterocycles. The molecule has 2 N–H and O–H groups in total. The number of carbonyl (C=O) groups is 1. The number of hydrogen-bond acceptors (Lipinski definition) is 2. The van der Waals surface area contributed by atoms with Crippen molar-refractivity contribution in [2.45, 2.75) is 34.1 Å². The zero-order valence-electron chi connectivity index (χ0n) is 17.7. The molecular formula is C21H34IN5O. The molecule has 0 radical (unpaired) electrons. The lowest BCUT2D eigenvalue weighted by atomic mass is 10.1. The highest BCUT2D eigenvalue weighted by Crippen LogP contribution is 2.22. The standard InChI is InChI=1S/C21H33N5O.HI/c1-6-22-21(25(5)15-20(27)26(7-2)8-3)23-14-13-17-16(4)24-19-12-10-9-11-18(17)19;/h9-12,24H,6-8,13-15H2,1-5H3,(H,22,23);1H. The van der Waals surface area contributed by atoms with E-state index in [9.17, 15) is 4.79 Å². The van der Waals surface area contributed by atoms with Crippen LogP contribution in [0.3, 0.4) is 0 Å². The van der Waals surface area contributed by atoms with Crippen molar-refractivity contribution in [3.05, 3.63) is 35.5 Å². The first-order valence-electron chi connectivity index (χ1n) is 9.85. The third-order valence-electron chi connectivity index (χ3n) is 4.84. The minimum atomic E-state index is 0. The van der Waals surface area contributed by atoms with Crippen molar-refractivity contribution >= 4 is 46.7 Å². The second kappa shape index (κ2) is 11.9. The van der Waals surface area contributed by atoms with Gasteiger partial charge in [0.15, 0.2) is 5.96 Å². The van der Waals surface area contributed by atoms with Crippen molar-refractivity contribution in [3.8, 4) is 0 Å². The lowest BCUT2D eigenvalue weighted by Gasteiger charge is -2.25. The van der Waals surface area contributed by atoms with Gasteiger partial charge >= 0.3 is 0 Å². The molecule has 156 valence electrons. The van der Waals surface area contributed by atoms with E-state index < -0.39 is 0 Å². The molecule has 6 nitrogen and oxygen atoms in total. The predicted molar refractivity (Wildman–Crippen MR) is 129 cm³/mol. The number of para-hydroxylation sites is 1. The average Bonchev–Trinajstić information content (AvgIpc) is 2.97. The zero-order valence-corrected chi connectivity index (χ0v) is 20.0. The fourth-order valence-corrected chi connectivity index (χ4v) is 3.35. The third kappa shape index (κ3) is 6.12. The van der Waals surface area contributed by atoms with Crippen LogP contribution in [0.25, 0.3) is 10.9 Å². The molecule has 0 fully saturated rings. The van der Waals surface area contributed by atoms with E-state index >= 15 is 0 Å². The lowest BCUT2D eigenvalue weighted by molar-refractivity contribution is -0.131. The van der Waals surface area contributed by atoms with Crippen LogP contribution in [0.4, 0.5) is 0 Å². The summed E-state index contributed by atoms with van der Waals surface area (Å²) in [5.74, 6) is 0.899. The molecule has 1 aromatic carbocycles. The average molecular weight is 499 g/mol. The Morgan fingerprint density at radius 3 is 2.50 bits per heavy atom. The second-order valence-corrected chi connectivity index (χ2v) is 6.68. The Balaban J connectivity index is 0.00000392. The number of aryl methyl sites for hydroxylation is 1. The van der Waals surface area contributed by atoms with E-state index in [4.69, 9.17) is 4.99 Å². The van der Waals surface area contributed by atoms with Gasteiger partial charge in [0, 0.05) is 49.8 Å². The monoisotopic (exact) mass is 499 g/mol. The van der Waals surface area contributed by atoms with Crippen LogP contribution in [0.1, 0.15) is 32.0 Å². The number of fused-ring (bicyclic) bond motifs is 1. The number of nitrogens with one attached hydrogen (secondary N) is 2. The van der Waals surface area contributed by atoms with Crippen molar-refractivity contribution in [1.82, 2.24) is 20.1 Å². The molecule has 7 heteroatoms. The van der Waals surface area contributed by atoms with Gasteiger partial charge in [-0.2, -0.15) is 0 Å². The molecule has 0 aliphatic rings. The summed E-state index contributed by atoms with van der Waals surface area (Å²) in [7, 11) is 1.92. The van der Waals surface area contributed by atoms with Gasteiger partial charge in [-0.25, -0.2) is 0 Å². The number of nitrogens with zero attached hydrogens (tertiary/aromatic N) is 3. The molecule has 0 spiro atoms. The molecular weight excluding hydrogens is 465 g/mol. The number of halogens is 1. The SMILES string of the molecule is CCNC(=NCCc1c(C)[nH]c2ccccc12)N(C)CC(=O)N(CC)CC.I. The normalized spacial score (nSPS) is 11.2. The predicted octanol–water partition coefficient (Wildman–Crippen LogP) is 3.40. The van der Waals surface area contributed by atoms with E-state index in [0.717, 1.165) is 32.0 Å². The fraction of sp³-hybridized carbons (Fsp3) is 0.524. The van der Waals surface area contributed by atoms with Crippen LogP contribution in [0.2, 0.25) is 0 Å². The van der Waals surface area contributed by atoms with Crippen LogP contribution < -0.4 is 5.32 Å². The molecule has 0 saturated heterocycles. The van der Waals surface area contributed by atoms with Gasteiger partial charge < -0.3 is 20.1 Å². The minimum Gasteiger partial charge on any atom is -0.358 e. The molecule has 0 saturated carbocycles. The van der Waals surface area contributed by atoms with E-state index in [1.54, 1.807) is 0 Å². The van der Waals surface area contributed by atoms with E-state index in [1.807, 2.05) is 43.7 Å². The Morgan fingerprint density at radius 1 is 1.18 bits per heavy atom. The molecule has 28 heavy (non-hydrogen) atoms. The smallest absolute Gasteiger partial charge is 0.242 e. The largest absolute Gasteiger partial charge is 0.358 e. The topological polar surface area (TPSA) is 63.7 Å². The number of aromatic amines is 1. The summed E-state index contributed by atoms with van der Waals surface area (Å²) in [5.41, 5.74) is 3.68. The molecule has 0 atom stereocenters. The second-order valence-electron chi connectivity index (χ2n) is 6.68. The van der Waals surface area contributed by atoms with Crippen LogP contribution in [0.15, 0.2) is 29.3 Å². The quantitative estimate of drug-likeness (QED) is 0.333.